The normalized spacial score (nSPS) is 10.5. The SMILES string of the molecule is CCOC(=O)c1ccc(OC(F)F)c(Br)c1Br. The van der Waals surface area contributed by atoms with Crippen molar-refractivity contribution in [2.24, 2.45) is 0 Å². The first-order valence-corrected chi connectivity index (χ1v) is 6.15. The van der Waals surface area contributed by atoms with Crippen molar-refractivity contribution in [3.8, 4) is 5.75 Å². The molecule has 0 saturated carbocycles. The first kappa shape index (κ1) is 14.4. The van der Waals surface area contributed by atoms with E-state index in [1.807, 2.05) is 0 Å². The van der Waals surface area contributed by atoms with Crippen LogP contribution in [0, 0.1) is 0 Å². The molecule has 94 valence electrons. The molecular weight excluding hydrogens is 366 g/mol. The van der Waals surface area contributed by atoms with Crippen LogP contribution < -0.4 is 4.74 Å². The van der Waals surface area contributed by atoms with Crippen LogP contribution in [0.15, 0.2) is 21.1 Å². The van der Waals surface area contributed by atoms with Gasteiger partial charge in [0.25, 0.3) is 0 Å². The number of ether oxygens (including phenoxy) is 2. The predicted molar refractivity (Wildman–Crippen MR) is 64.4 cm³/mol. The Kier molecular flexibility index (Phi) is 5.32. The van der Waals surface area contributed by atoms with Crippen LogP contribution in [-0.4, -0.2) is 19.2 Å². The summed E-state index contributed by atoms with van der Waals surface area (Å²) in [5.74, 6) is -0.594. The molecule has 0 aliphatic heterocycles. The Morgan fingerprint density at radius 3 is 2.53 bits per heavy atom. The Morgan fingerprint density at radius 1 is 1.35 bits per heavy atom. The molecule has 0 saturated heterocycles. The average Bonchev–Trinajstić information content (AvgIpc) is 2.24. The molecule has 0 N–H and O–H groups in total. The summed E-state index contributed by atoms with van der Waals surface area (Å²) in [5, 5.41) is 0. The van der Waals surface area contributed by atoms with Crippen molar-refractivity contribution in [3.05, 3.63) is 26.6 Å². The fourth-order valence-corrected chi connectivity index (χ4v) is 2.01. The topological polar surface area (TPSA) is 35.5 Å². The molecule has 3 nitrogen and oxygen atoms in total. The van der Waals surface area contributed by atoms with Gasteiger partial charge < -0.3 is 9.47 Å². The molecule has 1 aromatic carbocycles. The molecule has 0 radical (unpaired) electrons. The van der Waals surface area contributed by atoms with Crippen LogP contribution in [0.1, 0.15) is 17.3 Å². The summed E-state index contributed by atoms with van der Waals surface area (Å²) >= 11 is 6.18. The fraction of sp³-hybridized carbons (Fsp3) is 0.300. The predicted octanol–water partition coefficient (Wildman–Crippen LogP) is 3.99. The van der Waals surface area contributed by atoms with Crippen molar-refractivity contribution in [1.29, 1.82) is 0 Å². The summed E-state index contributed by atoms with van der Waals surface area (Å²) in [5.41, 5.74) is 0.236. The highest BCUT2D eigenvalue weighted by atomic mass is 79.9. The van der Waals surface area contributed by atoms with Crippen LogP contribution in [0.3, 0.4) is 0 Å². The first-order chi connectivity index (χ1) is 7.97. The third-order valence-corrected chi connectivity index (χ3v) is 3.90. The molecule has 0 fully saturated rings. The summed E-state index contributed by atoms with van der Waals surface area (Å²) in [6, 6.07) is 2.62. The summed E-state index contributed by atoms with van der Waals surface area (Å²) in [6.45, 7) is -1.01. The van der Waals surface area contributed by atoms with E-state index in [0.29, 0.717) is 4.47 Å². The van der Waals surface area contributed by atoms with E-state index in [1.165, 1.54) is 12.1 Å². The van der Waals surface area contributed by atoms with Gasteiger partial charge in [-0.25, -0.2) is 4.79 Å². The van der Waals surface area contributed by atoms with Gasteiger partial charge in [-0.1, -0.05) is 0 Å². The number of hydrogen-bond acceptors (Lipinski definition) is 3. The summed E-state index contributed by atoms with van der Waals surface area (Å²) in [4.78, 5) is 11.5. The van der Waals surface area contributed by atoms with Crippen LogP contribution in [0.25, 0.3) is 0 Å². The lowest BCUT2D eigenvalue weighted by atomic mass is 10.2. The van der Waals surface area contributed by atoms with E-state index in [9.17, 15) is 13.6 Å². The second-order valence-corrected chi connectivity index (χ2v) is 4.42. The van der Waals surface area contributed by atoms with Gasteiger partial charge in [-0.05, 0) is 50.9 Å². The number of alkyl halides is 2. The highest BCUT2D eigenvalue weighted by Gasteiger charge is 2.18. The van der Waals surface area contributed by atoms with E-state index in [-0.39, 0.29) is 22.4 Å². The van der Waals surface area contributed by atoms with Gasteiger partial charge in [0.05, 0.1) is 16.6 Å². The van der Waals surface area contributed by atoms with Crippen LogP contribution in [0.2, 0.25) is 0 Å². The van der Waals surface area contributed by atoms with E-state index in [1.54, 1.807) is 6.92 Å². The molecule has 1 rings (SSSR count). The molecule has 0 aromatic heterocycles. The highest BCUT2D eigenvalue weighted by molar-refractivity contribution is 9.13. The number of rotatable bonds is 4. The number of hydrogen-bond donors (Lipinski definition) is 0. The third kappa shape index (κ3) is 3.64. The summed E-state index contributed by atoms with van der Waals surface area (Å²) < 4.78 is 33.7. The summed E-state index contributed by atoms with van der Waals surface area (Å²) in [7, 11) is 0. The molecule has 0 atom stereocenters. The molecule has 0 bridgehead atoms. The molecule has 7 heteroatoms. The van der Waals surface area contributed by atoms with Gasteiger partial charge in [-0.15, -0.1) is 0 Å². The Morgan fingerprint density at radius 2 is 2.00 bits per heavy atom. The monoisotopic (exact) mass is 372 g/mol. The fourth-order valence-electron chi connectivity index (χ4n) is 1.09. The standard InChI is InChI=1S/C10H8Br2F2O3/c1-2-16-9(15)5-3-4-6(17-10(13)14)8(12)7(5)11/h3-4,10H,2H2,1H3. The molecule has 17 heavy (non-hydrogen) atoms. The average molecular weight is 374 g/mol. The number of benzene rings is 1. The van der Waals surface area contributed by atoms with Gasteiger partial charge in [0, 0.05) is 4.47 Å². The Balaban J connectivity index is 3.06. The van der Waals surface area contributed by atoms with E-state index in [4.69, 9.17) is 4.74 Å². The van der Waals surface area contributed by atoms with Crippen molar-refractivity contribution in [2.45, 2.75) is 13.5 Å². The minimum Gasteiger partial charge on any atom is -0.462 e. The first-order valence-electron chi connectivity index (χ1n) is 4.57. The van der Waals surface area contributed by atoms with Gasteiger partial charge in [-0.2, -0.15) is 8.78 Å². The largest absolute Gasteiger partial charge is 0.462 e. The third-order valence-electron chi connectivity index (χ3n) is 1.76. The smallest absolute Gasteiger partial charge is 0.387 e. The molecule has 0 spiro atoms. The van der Waals surface area contributed by atoms with Crippen molar-refractivity contribution in [3.63, 3.8) is 0 Å². The zero-order valence-corrected chi connectivity index (χ0v) is 11.8. The van der Waals surface area contributed by atoms with Crippen molar-refractivity contribution in [1.82, 2.24) is 0 Å². The molecular formula is C10H8Br2F2O3. The molecule has 1 aromatic rings. The Hall–Kier alpha value is -0.690. The van der Waals surface area contributed by atoms with E-state index >= 15 is 0 Å². The van der Waals surface area contributed by atoms with Gasteiger partial charge in [0.15, 0.2) is 0 Å². The van der Waals surface area contributed by atoms with Gasteiger partial charge >= 0.3 is 12.6 Å². The van der Waals surface area contributed by atoms with Gasteiger partial charge in [0.2, 0.25) is 0 Å². The minimum atomic E-state index is -2.92. The van der Waals surface area contributed by atoms with Crippen molar-refractivity contribution in [2.75, 3.05) is 6.61 Å². The number of carbonyl (C=O) groups is 1. The Labute approximate surface area is 113 Å². The number of halogens is 4. The van der Waals surface area contributed by atoms with E-state index in [2.05, 4.69) is 36.6 Å². The van der Waals surface area contributed by atoms with E-state index in [0.717, 1.165) is 0 Å². The van der Waals surface area contributed by atoms with Crippen molar-refractivity contribution < 1.29 is 23.0 Å². The van der Waals surface area contributed by atoms with Crippen LogP contribution in [-0.2, 0) is 4.74 Å². The zero-order chi connectivity index (χ0) is 13.0. The Bertz CT molecular complexity index is 424. The quantitative estimate of drug-likeness (QED) is 0.748. The number of carbonyl (C=O) groups excluding carboxylic acids is 1. The maximum Gasteiger partial charge on any atom is 0.387 e. The van der Waals surface area contributed by atoms with Crippen LogP contribution >= 0.6 is 31.9 Å². The molecule has 0 aliphatic carbocycles. The second-order valence-electron chi connectivity index (χ2n) is 2.84. The van der Waals surface area contributed by atoms with Crippen LogP contribution in [0.5, 0.6) is 5.75 Å². The minimum absolute atomic E-state index is 0.0556. The summed E-state index contributed by atoms with van der Waals surface area (Å²) in [6.07, 6.45) is 0. The van der Waals surface area contributed by atoms with Gasteiger partial charge in [0.1, 0.15) is 5.75 Å². The van der Waals surface area contributed by atoms with Crippen molar-refractivity contribution >= 4 is 37.8 Å². The molecule has 0 aliphatic rings. The lowest BCUT2D eigenvalue weighted by Gasteiger charge is -2.10. The van der Waals surface area contributed by atoms with E-state index < -0.39 is 12.6 Å². The lowest BCUT2D eigenvalue weighted by molar-refractivity contribution is -0.0504. The maximum atomic E-state index is 12.1. The number of esters is 1. The molecule has 0 unspecified atom stereocenters. The molecule has 0 amide bonds. The lowest BCUT2D eigenvalue weighted by Crippen LogP contribution is -2.07. The second kappa shape index (κ2) is 6.30. The maximum absolute atomic E-state index is 12.1. The highest BCUT2D eigenvalue weighted by Crippen LogP contribution is 2.36. The zero-order valence-electron chi connectivity index (χ0n) is 8.68. The van der Waals surface area contributed by atoms with Crippen LogP contribution in [0.4, 0.5) is 8.78 Å². The van der Waals surface area contributed by atoms with Gasteiger partial charge in [-0.3, -0.25) is 0 Å². The molecule has 0 heterocycles.